The van der Waals surface area contributed by atoms with Gasteiger partial charge in [-0.1, -0.05) is 47.5 Å². The van der Waals surface area contributed by atoms with Crippen LogP contribution < -0.4 is 0 Å². The summed E-state index contributed by atoms with van der Waals surface area (Å²) < 4.78 is 0. The molecule has 164 valence electrons. The number of piperidine rings is 1. The van der Waals surface area contributed by atoms with E-state index in [2.05, 4.69) is 0 Å². The summed E-state index contributed by atoms with van der Waals surface area (Å²) in [4.78, 5) is 26.9. The summed E-state index contributed by atoms with van der Waals surface area (Å²) >= 11 is 12.4. The van der Waals surface area contributed by atoms with Crippen LogP contribution in [0.1, 0.15) is 48.8 Å². The second kappa shape index (κ2) is 9.19. The van der Waals surface area contributed by atoms with Gasteiger partial charge in [0.25, 0.3) is 0 Å². The van der Waals surface area contributed by atoms with Gasteiger partial charge >= 0.3 is 5.97 Å². The molecule has 31 heavy (non-hydrogen) atoms. The summed E-state index contributed by atoms with van der Waals surface area (Å²) in [7, 11) is 0. The summed E-state index contributed by atoms with van der Waals surface area (Å²) in [5.74, 6) is -1.79. The molecule has 1 saturated carbocycles. The van der Waals surface area contributed by atoms with Gasteiger partial charge in [0, 0.05) is 21.9 Å². The minimum atomic E-state index is -1.000. The molecule has 5 nitrogen and oxygen atoms in total. The van der Waals surface area contributed by atoms with Crippen LogP contribution in [0.2, 0.25) is 10.0 Å². The smallest absolute Gasteiger partial charge is 0.304 e. The predicted molar refractivity (Wildman–Crippen MR) is 119 cm³/mol. The number of carboxylic acids is 1. The first kappa shape index (κ1) is 22.1. The predicted octanol–water partition coefficient (Wildman–Crippen LogP) is 4.91. The highest BCUT2D eigenvalue weighted by atomic mass is 35.5. The molecule has 2 aliphatic rings. The van der Waals surface area contributed by atoms with E-state index in [-0.39, 0.29) is 42.9 Å². The Bertz CT molecular complexity index is 960. The number of carbonyl (C=O) groups is 2. The maximum Gasteiger partial charge on any atom is 0.304 e. The highest BCUT2D eigenvalue weighted by Gasteiger charge is 2.49. The number of nitrogens with zero attached hydrogens (tertiary/aromatic N) is 1. The number of aliphatic carboxylic acids is 1. The first-order chi connectivity index (χ1) is 14.9. The molecule has 1 aliphatic heterocycles. The Morgan fingerprint density at radius 3 is 2.35 bits per heavy atom. The van der Waals surface area contributed by atoms with E-state index in [4.69, 9.17) is 23.2 Å². The van der Waals surface area contributed by atoms with Crippen LogP contribution in [0, 0.1) is 11.8 Å². The SMILES string of the molecule is O=C(O)CC1CC(c2cccc(Cl)c2)C(c2ccc(Cl)cc2)N(C(CO)C2CC2)C1=O. The van der Waals surface area contributed by atoms with E-state index in [9.17, 15) is 19.8 Å². The van der Waals surface area contributed by atoms with E-state index >= 15 is 0 Å². The second-order valence-electron chi connectivity index (χ2n) is 8.52. The molecule has 2 aromatic carbocycles. The Balaban J connectivity index is 1.84. The van der Waals surface area contributed by atoms with E-state index in [0.29, 0.717) is 16.5 Å². The number of carbonyl (C=O) groups excluding carboxylic acids is 1. The zero-order chi connectivity index (χ0) is 22.1. The van der Waals surface area contributed by atoms with Gasteiger partial charge in [-0.2, -0.15) is 0 Å². The molecule has 2 fully saturated rings. The maximum atomic E-state index is 13.6. The summed E-state index contributed by atoms with van der Waals surface area (Å²) in [6.45, 7) is -0.150. The lowest BCUT2D eigenvalue weighted by atomic mass is 9.74. The lowest BCUT2D eigenvalue weighted by Gasteiger charge is -2.48. The molecule has 4 rings (SSSR count). The summed E-state index contributed by atoms with van der Waals surface area (Å²) in [6.07, 6.45) is 2.07. The molecule has 4 unspecified atom stereocenters. The van der Waals surface area contributed by atoms with Gasteiger partial charge in [-0.15, -0.1) is 0 Å². The van der Waals surface area contributed by atoms with Gasteiger partial charge in [-0.3, -0.25) is 9.59 Å². The van der Waals surface area contributed by atoms with E-state index in [1.807, 2.05) is 30.3 Å². The highest BCUT2D eigenvalue weighted by molar-refractivity contribution is 6.30. The van der Waals surface area contributed by atoms with Crippen molar-refractivity contribution in [1.29, 1.82) is 0 Å². The van der Waals surface area contributed by atoms with E-state index < -0.39 is 11.9 Å². The van der Waals surface area contributed by atoms with Crippen molar-refractivity contribution in [2.24, 2.45) is 11.8 Å². The van der Waals surface area contributed by atoms with Crippen molar-refractivity contribution in [3.63, 3.8) is 0 Å². The average Bonchev–Trinajstić information content (AvgIpc) is 3.57. The summed E-state index contributed by atoms with van der Waals surface area (Å²) in [6, 6.07) is 14.2. The van der Waals surface area contributed by atoms with E-state index in [0.717, 1.165) is 24.0 Å². The van der Waals surface area contributed by atoms with Crippen LogP contribution in [0.5, 0.6) is 0 Å². The molecule has 1 aliphatic carbocycles. The van der Waals surface area contributed by atoms with Crippen LogP contribution in [0.4, 0.5) is 0 Å². The molecule has 4 atom stereocenters. The number of benzene rings is 2. The van der Waals surface area contributed by atoms with Crippen LogP contribution in [0.15, 0.2) is 48.5 Å². The third kappa shape index (κ3) is 4.74. The normalized spacial score (nSPS) is 24.8. The molecule has 1 amide bonds. The Morgan fingerprint density at radius 2 is 1.77 bits per heavy atom. The largest absolute Gasteiger partial charge is 0.481 e. The number of hydrogen-bond acceptors (Lipinski definition) is 3. The fourth-order valence-electron chi connectivity index (χ4n) is 4.88. The minimum Gasteiger partial charge on any atom is -0.481 e. The Morgan fingerprint density at radius 1 is 1.06 bits per heavy atom. The van der Waals surface area contributed by atoms with Crippen LogP contribution in [-0.2, 0) is 9.59 Å². The molecular formula is C24H25Cl2NO4. The molecule has 0 radical (unpaired) electrons. The second-order valence-corrected chi connectivity index (χ2v) is 9.39. The summed E-state index contributed by atoms with van der Waals surface area (Å²) in [5.41, 5.74) is 1.86. The van der Waals surface area contributed by atoms with Crippen molar-refractivity contribution >= 4 is 35.1 Å². The fraction of sp³-hybridized carbons (Fsp3) is 0.417. The zero-order valence-electron chi connectivity index (χ0n) is 17.0. The number of rotatable bonds is 7. The highest BCUT2D eigenvalue weighted by Crippen LogP contribution is 2.50. The molecule has 2 N–H and O–H groups in total. The molecule has 0 aromatic heterocycles. The molecule has 7 heteroatoms. The summed E-state index contributed by atoms with van der Waals surface area (Å²) in [5, 5.41) is 20.9. The monoisotopic (exact) mass is 461 g/mol. The lowest BCUT2D eigenvalue weighted by Crippen LogP contribution is -2.54. The fourth-order valence-corrected chi connectivity index (χ4v) is 5.21. The van der Waals surface area contributed by atoms with Gasteiger partial charge < -0.3 is 15.1 Å². The number of halogens is 2. The number of aliphatic hydroxyl groups is 1. The first-order valence-electron chi connectivity index (χ1n) is 10.5. The van der Waals surface area contributed by atoms with Crippen molar-refractivity contribution in [3.05, 3.63) is 69.7 Å². The van der Waals surface area contributed by atoms with Gasteiger partial charge in [0.1, 0.15) is 0 Å². The number of carboxylic acid groups (broad SMARTS) is 1. The number of hydrogen-bond donors (Lipinski definition) is 2. The zero-order valence-corrected chi connectivity index (χ0v) is 18.5. The molecular weight excluding hydrogens is 437 g/mol. The van der Waals surface area contributed by atoms with Gasteiger partial charge in [0.15, 0.2) is 0 Å². The van der Waals surface area contributed by atoms with Crippen LogP contribution in [0.3, 0.4) is 0 Å². The Labute approximate surface area is 191 Å². The van der Waals surface area contributed by atoms with E-state index in [1.165, 1.54) is 0 Å². The quantitative estimate of drug-likeness (QED) is 0.613. The molecule has 1 saturated heterocycles. The number of aliphatic hydroxyl groups excluding tert-OH is 1. The Kier molecular flexibility index (Phi) is 6.56. The Hall–Kier alpha value is -2.08. The molecule has 0 spiro atoms. The van der Waals surface area contributed by atoms with Crippen molar-refractivity contribution in [2.75, 3.05) is 6.61 Å². The lowest BCUT2D eigenvalue weighted by molar-refractivity contribution is -0.153. The van der Waals surface area contributed by atoms with Crippen LogP contribution >= 0.6 is 23.2 Å². The van der Waals surface area contributed by atoms with Gasteiger partial charge in [-0.25, -0.2) is 0 Å². The van der Waals surface area contributed by atoms with Gasteiger partial charge in [0.2, 0.25) is 5.91 Å². The maximum absolute atomic E-state index is 13.6. The van der Waals surface area contributed by atoms with Crippen LogP contribution in [0.25, 0.3) is 0 Å². The van der Waals surface area contributed by atoms with E-state index in [1.54, 1.807) is 23.1 Å². The standard InChI is InChI=1S/C24H25Cl2NO4/c25-18-8-6-15(7-9-18)23-20(16-2-1-3-19(26)10-16)11-17(12-22(29)30)24(31)27(23)21(13-28)14-4-5-14/h1-3,6-10,14,17,20-21,23,28H,4-5,11-13H2,(H,29,30). The van der Waals surface area contributed by atoms with Crippen molar-refractivity contribution < 1.29 is 19.8 Å². The van der Waals surface area contributed by atoms with Crippen molar-refractivity contribution in [3.8, 4) is 0 Å². The van der Waals surface area contributed by atoms with Gasteiger partial charge in [-0.05, 0) is 60.6 Å². The number of amides is 1. The first-order valence-corrected chi connectivity index (χ1v) is 11.3. The molecule has 1 heterocycles. The van der Waals surface area contributed by atoms with Gasteiger partial charge in [0.05, 0.1) is 25.1 Å². The minimum absolute atomic E-state index is 0.150. The molecule has 0 bridgehead atoms. The van der Waals surface area contributed by atoms with Crippen molar-refractivity contribution in [2.45, 2.75) is 43.7 Å². The topological polar surface area (TPSA) is 77.8 Å². The van der Waals surface area contributed by atoms with Crippen LogP contribution in [-0.4, -0.2) is 39.6 Å². The van der Waals surface area contributed by atoms with Crippen molar-refractivity contribution in [1.82, 2.24) is 4.90 Å². The third-order valence-corrected chi connectivity index (χ3v) is 6.93. The third-order valence-electron chi connectivity index (χ3n) is 6.44. The number of likely N-dealkylation sites (tertiary alicyclic amines) is 1. The average molecular weight is 462 g/mol. The molecule has 2 aromatic rings.